The Labute approximate surface area is 143 Å². The van der Waals surface area contributed by atoms with Gasteiger partial charge in [-0.2, -0.15) is 5.10 Å². The van der Waals surface area contributed by atoms with E-state index in [1.165, 1.54) is 7.11 Å². The van der Waals surface area contributed by atoms with Crippen molar-refractivity contribution in [1.82, 2.24) is 5.43 Å². The van der Waals surface area contributed by atoms with Crippen molar-refractivity contribution >= 4 is 28.1 Å². The van der Waals surface area contributed by atoms with Crippen LogP contribution in [0.3, 0.4) is 0 Å². The Hall–Kier alpha value is -2.34. The fraction of sp³-hybridized carbons (Fsp3) is 0.176. The van der Waals surface area contributed by atoms with Crippen molar-refractivity contribution in [2.75, 3.05) is 13.7 Å². The molecule has 0 heterocycles. The van der Waals surface area contributed by atoms with E-state index in [-0.39, 0.29) is 5.91 Å². The van der Waals surface area contributed by atoms with Gasteiger partial charge in [-0.25, -0.2) is 5.43 Å². The van der Waals surface area contributed by atoms with Gasteiger partial charge in [0.05, 0.1) is 24.4 Å². The molecule has 0 radical (unpaired) electrons. The van der Waals surface area contributed by atoms with Crippen LogP contribution in [0.15, 0.2) is 52.0 Å². The highest BCUT2D eigenvalue weighted by Crippen LogP contribution is 2.36. The Kier molecular flexibility index (Phi) is 6.17. The van der Waals surface area contributed by atoms with Crippen molar-refractivity contribution in [3.05, 3.63) is 58.1 Å². The number of amides is 1. The maximum absolute atomic E-state index is 12.2. The van der Waals surface area contributed by atoms with E-state index in [2.05, 4.69) is 26.5 Å². The third kappa shape index (κ3) is 4.56. The number of ether oxygens (including phenoxy) is 2. The summed E-state index contributed by atoms with van der Waals surface area (Å²) in [5.41, 5.74) is 3.81. The van der Waals surface area contributed by atoms with Crippen molar-refractivity contribution in [3.63, 3.8) is 0 Å². The van der Waals surface area contributed by atoms with Crippen LogP contribution in [0.25, 0.3) is 0 Å². The zero-order valence-corrected chi connectivity index (χ0v) is 14.5. The third-order valence-electron chi connectivity index (χ3n) is 2.96. The van der Waals surface area contributed by atoms with Gasteiger partial charge in [-0.3, -0.25) is 4.79 Å². The summed E-state index contributed by atoms with van der Waals surface area (Å²) in [6.07, 6.45) is 1.58. The lowest BCUT2D eigenvalue weighted by Gasteiger charge is -2.12. The average Bonchev–Trinajstić information content (AvgIpc) is 2.57. The molecule has 0 atom stereocenters. The molecule has 0 fully saturated rings. The van der Waals surface area contributed by atoms with Gasteiger partial charge in [0.2, 0.25) is 0 Å². The molecule has 0 aliphatic rings. The van der Waals surface area contributed by atoms with Crippen molar-refractivity contribution < 1.29 is 14.3 Å². The number of hydrogen-bond donors (Lipinski definition) is 1. The summed E-state index contributed by atoms with van der Waals surface area (Å²) in [7, 11) is 1.53. The Bertz CT molecular complexity index is 702. The molecular weight excluding hydrogens is 360 g/mol. The highest BCUT2D eigenvalue weighted by Gasteiger charge is 2.15. The molecule has 0 aliphatic carbocycles. The largest absolute Gasteiger partial charge is 0.493 e. The lowest BCUT2D eigenvalue weighted by Crippen LogP contribution is -2.18. The molecule has 0 aliphatic heterocycles. The summed E-state index contributed by atoms with van der Waals surface area (Å²) in [6, 6.07) is 12.8. The van der Waals surface area contributed by atoms with Crippen LogP contribution in [0, 0.1) is 0 Å². The Morgan fingerprint density at radius 2 is 2.04 bits per heavy atom. The molecule has 2 rings (SSSR count). The molecule has 2 aromatic rings. The van der Waals surface area contributed by atoms with Crippen LogP contribution in [0.2, 0.25) is 0 Å². The average molecular weight is 377 g/mol. The molecule has 0 bridgehead atoms. The fourth-order valence-electron chi connectivity index (χ4n) is 1.90. The number of nitrogens with one attached hydrogen (secondary N) is 1. The van der Waals surface area contributed by atoms with Gasteiger partial charge in [-0.05, 0) is 40.5 Å². The van der Waals surface area contributed by atoms with Gasteiger partial charge in [-0.15, -0.1) is 0 Å². The molecule has 23 heavy (non-hydrogen) atoms. The first-order valence-corrected chi connectivity index (χ1v) is 7.83. The van der Waals surface area contributed by atoms with E-state index in [1.54, 1.807) is 18.3 Å². The number of hydrazone groups is 1. The monoisotopic (exact) mass is 376 g/mol. The predicted octanol–water partition coefficient (Wildman–Crippen LogP) is 3.62. The van der Waals surface area contributed by atoms with Gasteiger partial charge >= 0.3 is 0 Å². The van der Waals surface area contributed by atoms with Gasteiger partial charge in [0.25, 0.3) is 5.91 Å². The molecule has 0 unspecified atom stereocenters. The Morgan fingerprint density at radius 1 is 1.30 bits per heavy atom. The summed E-state index contributed by atoms with van der Waals surface area (Å²) in [5.74, 6) is 0.719. The van der Waals surface area contributed by atoms with Crippen LogP contribution in [0.4, 0.5) is 0 Å². The van der Waals surface area contributed by atoms with Crippen LogP contribution in [0.1, 0.15) is 22.8 Å². The quantitative estimate of drug-likeness (QED) is 0.618. The lowest BCUT2D eigenvalue weighted by molar-refractivity contribution is 0.0954. The van der Waals surface area contributed by atoms with E-state index in [9.17, 15) is 4.79 Å². The molecule has 5 nitrogen and oxygen atoms in total. The number of rotatable bonds is 6. The molecule has 120 valence electrons. The third-order valence-corrected chi connectivity index (χ3v) is 3.55. The summed E-state index contributed by atoms with van der Waals surface area (Å²) >= 11 is 3.39. The zero-order valence-electron chi connectivity index (χ0n) is 12.9. The number of benzene rings is 2. The zero-order chi connectivity index (χ0) is 16.7. The minimum Gasteiger partial charge on any atom is -0.493 e. The highest BCUT2D eigenvalue weighted by molar-refractivity contribution is 9.10. The van der Waals surface area contributed by atoms with Crippen LogP contribution in [-0.2, 0) is 0 Å². The summed E-state index contributed by atoms with van der Waals surface area (Å²) in [4.78, 5) is 12.2. The first-order chi connectivity index (χ1) is 11.2. The standard InChI is InChI=1S/C17H17BrN2O3/c1-3-23-16-14(18)9-13(10-15(16)22-2)17(21)20-19-11-12-7-5-4-6-8-12/h4-11H,3H2,1-2H3,(H,20,21)/b19-11-. The first kappa shape index (κ1) is 17.0. The number of carbonyl (C=O) groups is 1. The molecule has 0 saturated heterocycles. The number of methoxy groups -OCH3 is 1. The second kappa shape index (κ2) is 8.33. The molecule has 0 spiro atoms. The number of nitrogens with zero attached hydrogens (tertiary/aromatic N) is 1. The van der Waals surface area contributed by atoms with Crippen molar-refractivity contribution in [3.8, 4) is 11.5 Å². The number of hydrogen-bond acceptors (Lipinski definition) is 4. The Morgan fingerprint density at radius 3 is 2.70 bits per heavy atom. The second-order valence-electron chi connectivity index (χ2n) is 4.53. The molecule has 1 N–H and O–H groups in total. The van der Waals surface area contributed by atoms with E-state index in [4.69, 9.17) is 9.47 Å². The van der Waals surface area contributed by atoms with Gasteiger partial charge in [0, 0.05) is 5.56 Å². The molecule has 6 heteroatoms. The molecule has 2 aromatic carbocycles. The van der Waals surface area contributed by atoms with Gasteiger partial charge < -0.3 is 9.47 Å². The molecule has 0 saturated carbocycles. The van der Waals surface area contributed by atoms with Crippen molar-refractivity contribution in [2.45, 2.75) is 6.92 Å². The predicted molar refractivity (Wildman–Crippen MR) is 93.4 cm³/mol. The lowest BCUT2D eigenvalue weighted by atomic mass is 10.2. The smallest absolute Gasteiger partial charge is 0.271 e. The van der Waals surface area contributed by atoms with Crippen LogP contribution in [-0.4, -0.2) is 25.8 Å². The summed E-state index contributed by atoms with van der Waals surface area (Å²) < 4.78 is 11.4. The normalized spacial score (nSPS) is 10.6. The molecule has 1 amide bonds. The minimum absolute atomic E-state index is 0.334. The van der Waals surface area contributed by atoms with Gasteiger partial charge in [0.1, 0.15) is 0 Å². The van der Waals surface area contributed by atoms with Gasteiger partial charge in [0.15, 0.2) is 11.5 Å². The van der Waals surface area contributed by atoms with Crippen LogP contribution < -0.4 is 14.9 Å². The van der Waals surface area contributed by atoms with Crippen LogP contribution >= 0.6 is 15.9 Å². The van der Waals surface area contributed by atoms with Crippen molar-refractivity contribution in [1.29, 1.82) is 0 Å². The van der Waals surface area contributed by atoms with Gasteiger partial charge in [-0.1, -0.05) is 30.3 Å². The van der Waals surface area contributed by atoms with Crippen LogP contribution in [0.5, 0.6) is 11.5 Å². The van der Waals surface area contributed by atoms with Crippen molar-refractivity contribution in [2.24, 2.45) is 5.10 Å². The minimum atomic E-state index is -0.334. The Balaban J connectivity index is 2.13. The van der Waals surface area contributed by atoms with E-state index < -0.39 is 0 Å². The maximum Gasteiger partial charge on any atom is 0.271 e. The summed E-state index contributed by atoms with van der Waals surface area (Å²) in [6.45, 7) is 2.38. The van der Waals surface area contributed by atoms with E-state index in [0.717, 1.165) is 5.56 Å². The first-order valence-electron chi connectivity index (χ1n) is 7.04. The number of halogens is 1. The van der Waals surface area contributed by atoms with E-state index in [0.29, 0.717) is 28.1 Å². The highest BCUT2D eigenvalue weighted by atomic mass is 79.9. The second-order valence-corrected chi connectivity index (χ2v) is 5.39. The summed E-state index contributed by atoms with van der Waals surface area (Å²) in [5, 5.41) is 3.95. The molecule has 0 aromatic heterocycles. The SMILES string of the molecule is CCOc1c(Br)cc(C(=O)N/N=C\c2ccccc2)cc1OC. The van der Waals surface area contributed by atoms with E-state index in [1.807, 2.05) is 37.3 Å². The molecular formula is C17H17BrN2O3. The topological polar surface area (TPSA) is 59.9 Å². The fourth-order valence-corrected chi connectivity index (χ4v) is 2.46. The number of carbonyl (C=O) groups excluding carboxylic acids is 1. The van der Waals surface area contributed by atoms with E-state index >= 15 is 0 Å². The maximum atomic E-state index is 12.2.